The molecule has 1 fully saturated rings. The smallest absolute Gasteiger partial charge is 0.270 e. The van der Waals surface area contributed by atoms with Crippen LogP contribution in [0.25, 0.3) is 0 Å². The predicted octanol–water partition coefficient (Wildman–Crippen LogP) is 0.885. The predicted molar refractivity (Wildman–Crippen MR) is 75.4 cm³/mol. The van der Waals surface area contributed by atoms with E-state index in [9.17, 15) is 13.2 Å². The molecule has 0 bridgehead atoms. The van der Waals surface area contributed by atoms with Crippen molar-refractivity contribution in [2.45, 2.75) is 6.42 Å². The number of hydrogen-bond acceptors (Lipinski definition) is 3. The van der Waals surface area contributed by atoms with Gasteiger partial charge in [0.25, 0.3) is 5.91 Å². The number of nitrogens with one attached hydrogen (secondary N) is 1. The van der Waals surface area contributed by atoms with Gasteiger partial charge in [-0.15, -0.1) is 0 Å². The number of H-pyrrole nitrogens is 1. The van der Waals surface area contributed by atoms with Gasteiger partial charge in [-0.3, -0.25) is 4.79 Å². The number of amides is 1. The van der Waals surface area contributed by atoms with Gasteiger partial charge in [-0.1, -0.05) is 0 Å². The van der Waals surface area contributed by atoms with Crippen LogP contribution in [0.2, 0.25) is 0 Å². The average molecular weight is 350 g/mol. The number of rotatable bonds is 2. The van der Waals surface area contributed by atoms with Crippen LogP contribution in [0.3, 0.4) is 0 Å². The third-order valence-corrected chi connectivity index (χ3v) is 4.85. The quantitative estimate of drug-likeness (QED) is 0.861. The molecule has 1 N–H and O–H groups in total. The summed E-state index contributed by atoms with van der Waals surface area (Å²) in [5, 5.41) is 0. The molecule has 1 amide bonds. The summed E-state index contributed by atoms with van der Waals surface area (Å²) in [4.78, 5) is 16.8. The summed E-state index contributed by atoms with van der Waals surface area (Å²) in [5.41, 5.74) is 0.514. The molecule has 1 aliphatic rings. The van der Waals surface area contributed by atoms with Crippen LogP contribution < -0.4 is 0 Å². The monoisotopic (exact) mass is 349 g/mol. The Bertz CT molecular complexity index is 569. The van der Waals surface area contributed by atoms with E-state index in [1.165, 1.54) is 10.6 Å². The second-order valence-electron chi connectivity index (χ2n) is 4.54. The van der Waals surface area contributed by atoms with Crippen LogP contribution in [0, 0.1) is 0 Å². The average Bonchev–Trinajstić information content (AvgIpc) is 2.62. The molecule has 0 aliphatic carbocycles. The summed E-state index contributed by atoms with van der Waals surface area (Å²) >= 11 is 3.29. The zero-order valence-corrected chi connectivity index (χ0v) is 13.0. The van der Waals surface area contributed by atoms with E-state index in [1.807, 2.05) is 0 Å². The van der Waals surface area contributed by atoms with Crippen LogP contribution in [0.1, 0.15) is 16.9 Å². The van der Waals surface area contributed by atoms with E-state index < -0.39 is 10.0 Å². The van der Waals surface area contributed by atoms with Crippen molar-refractivity contribution in [1.29, 1.82) is 0 Å². The number of halogens is 1. The fraction of sp³-hybridized carbons (Fsp3) is 0.545. The van der Waals surface area contributed by atoms with E-state index in [4.69, 9.17) is 0 Å². The minimum atomic E-state index is -3.18. The van der Waals surface area contributed by atoms with Gasteiger partial charge in [0.2, 0.25) is 10.0 Å². The fourth-order valence-electron chi connectivity index (χ4n) is 2.09. The lowest BCUT2D eigenvalue weighted by atomic mass is 10.3. The zero-order chi connectivity index (χ0) is 14.0. The van der Waals surface area contributed by atoms with Gasteiger partial charge in [-0.2, -0.15) is 0 Å². The maximum Gasteiger partial charge on any atom is 0.270 e. The van der Waals surface area contributed by atoms with Gasteiger partial charge in [0, 0.05) is 36.8 Å². The van der Waals surface area contributed by atoms with Crippen molar-refractivity contribution in [1.82, 2.24) is 14.2 Å². The summed E-state index contributed by atoms with van der Waals surface area (Å²) in [7, 11) is -3.18. The maximum absolute atomic E-state index is 12.2. The standard InChI is InChI=1S/C11H16BrN3O3S/c1-19(17,18)15-4-2-3-14(5-6-15)11(16)10-7-9(12)8-13-10/h7-8,13H,2-6H2,1H3. The van der Waals surface area contributed by atoms with E-state index in [-0.39, 0.29) is 5.91 Å². The van der Waals surface area contributed by atoms with Gasteiger partial charge < -0.3 is 9.88 Å². The SMILES string of the molecule is CS(=O)(=O)N1CCCN(C(=O)c2cc(Br)c[nH]2)CC1. The van der Waals surface area contributed by atoms with Crippen molar-refractivity contribution < 1.29 is 13.2 Å². The highest BCUT2D eigenvalue weighted by Gasteiger charge is 2.24. The molecule has 8 heteroatoms. The van der Waals surface area contributed by atoms with Crippen LogP contribution in [0.4, 0.5) is 0 Å². The molecule has 1 saturated heterocycles. The van der Waals surface area contributed by atoms with Gasteiger partial charge >= 0.3 is 0 Å². The molecule has 19 heavy (non-hydrogen) atoms. The lowest BCUT2D eigenvalue weighted by Gasteiger charge is -2.20. The second kappa shape index (κ2) is 5.64. The van der Waals surface area contributed by atoms with Crippen molar-refractivity contribution >= 4 is 31.9 Å². The molecule has 2 heterocycles. The Morgan fingerprint density at radius 2 is 2.05 bits per heavy atom. The Labute approximate surface area is 120 Å². The number of carbonyl (C=O) groups is 1. The highest BCUT2D eigenvalue weighted by atomic mass is 79.9. The van der Waals surface area contributed by atoms with E-state index in [0.717, 1.165) is 4.47 Å². The summed E-state index contributed by atoms with van der Waals surface area (Å²) in [6.45, 7) is 1.81. The number of aromatic amines is 1. The van der Waals surface area contributed by atoms with Crippen molar-refractivity contribution in [2.75, 3.05) is 32.4 Å². The van der Waals surface area contributed by atoms with Crippen molar-refractivity contribution in [3.63, 3.8) is 0 Å². The van der Waals surface area contributed by atoms with Gasteiger partial charge in [-0.05, 0) is 28.4 Å². The number of aromatic nitrogens is 1. The molecular weight excluding hydrogens is 334 g/mol. The minimum absolute atomic E-state index is 0.0962. The summed E-state index contributed by atoms with van der Waals surface area (Å²) in [6, 6.07) is 1.72. The molecule has 6 nitrogen and oxygen atoms in total. The van der Waals surface area contributed by atoms with Crippen LogP contribution in [0.15, 0.2) is 16.7 Å². The minimum Gasteiger partial charge on any atom is -0.356 e. The number of nitrogens with zero attached hydrogens (tertiary/aromatic N) is 2. The van der Waals surface area contributed by atoms with Crippen LogP contribution in [-0.2, 0) is 10.0 Å². The molecule has 0 radical (unpaired) electrons. The first kappa shape index (κ1) is 14.5. The highest BCUT2D eigenvalue weighted by molar-refractivity contribution is 9.10. The normalized spacial score (nSPS) is 18.3. The Hall–Kier alpha value is -0.860. The van der Waals surface area contributed by atoms with E-state index in [2.05, 4.69) is 20.9 Å². The molecule has 0 saturated carbocycles. The molecular formula is C11H16BrN3O3S. The third kappa shape index (κ3) is 3.58. The van der Waals surface area contributed by atoms with Crippen LogP contribution in [0.5, 0.6) is 0 Å². The van der Waals surface area contributed by atoms with Crippen molar-refractivity contribution in [3.8, 4) is 0 Å². The van der Waals surface area contributed by atoms with Gasteiger partial charge in [0.15, 0.2) is 0 Å². The molecule has 0 aromatic carbocycles. The van der Waals surface area contributed by atoms with Crippen molar-refractivity contribution in [3.05, 3.63) is 22.4 Å². The first-order chi connectivity index (χ1) is 8.88. The van der Waals surface area contributed by atoms with Gasteiger partial charge in [0.05, 0.1) is 6.26 Å². The number of hydrogen-bond donors (Lipinski definition) is 1. The largest absolute Gasteiger partial charge is 0.356 e. The summed E-state index contributed by atoms with van der Waals surface area (Å²) in [6.07, 6.45) is 3.56. The van der Waals surface area contributed by atoms with Gasteiger partial charge in [0.1, 0.15) is 5.69 Å². The molecule has 2 rings (SSSR count). The van der Waals surface area contributed by atoms with Gasteiger partial charge in [-0.25, -0.2) is 12.7 Å². The fourth-order valence-corrected chi connectivity index (χ4v) is 3.31. The first-order valence-corrected chi connectivity index (χ1v) is 8.60. The van der Waals surface area contributed by atoms with Crippen LogP contribution in [-0.4, -0.2) is 60.9 Å². The van der Waals surface area contributed by atoms with Crippen molar-refractivity contribution in [2.24, 2.45) is 0 Å². The first-order valence-electron chi connectivity index (χ1n) is 5.96. The number of sulfonamides is 1. The van der Waals surface area contributed by atoms with E-state index in [0.29, 0.717) is 38.3 Å². The second-order valence-corrected chi connectivity index (χ2v) is 7.44. The molecule has 0 spiro atoms. The highest BCUT2D eigenvalue weighted by Crippen LogP contribution is 2.14. The van der Waals surface area contributed by atoms with E-state index >= 15 is 0 Å². The Balaban J connectivity index is 2.05. The molecule has 106 valence electrons. The van der Waals surface area contributed by atoms with Crippen LogP contribution >= 0.6 is 15.9 Å². The zero-order valence-electron chi connectivity index (χ0n) is 10.6. The molecule has 0 unspecified atom stereocenters. The molecule has 1 aromatic heterocycles. The number of carbonyl (C=O) groups excluding carboxylic acids is 1. The molecule has 1 aromatic rings. The third-order valence-electron chi connectivity index (χ3n) is 3.09. The summed E-state index contributed by atoms with van der Waals surface area (Å²) < 4.78 is 25.2. The topological polar surface area (TPSA) is 73.5 Å². The maximum atomic E-state index is 12.2. The Morgan fingerprint density at radius 1 is 1.32 bits per heavy atom. The van der Waals surface area contributed by atoms with E-state index in [1.54, 1.807) is 17.2 Å². The lowest BCUT2D eigenvalue weighted by molar-refractivity contribution is 0.0759. The Kier molecular flexibility index (Phi) is 4.32. The molecule has 0 atom stereocenters. The summed E-state index contributed by atoms with van der Waals surface area (Å²) in [5.74, 6) is -0.0962. The Morgan fingerprint density at radius 3 is 2.63 bits per heavy atom. The lowest BCUT2D eigenvalue weighted by Crippen LogP contribution is -2.37. The molecule has 1 aliphatic heterocycles.